The molecule has 0 aliphatic carbocycles. The maximum Gasteiger partial charge on any atom is 0.244 e. The summed E-state index contributed by atoms with van der Waals surface area (Å²) in [4.78, 5) is 13.1. The molecule has 4 aromatic heterocycles. The molecule has 1 fully saturated rings. The van der Waals surface area contributed by atoms with Gasteiger partial charge in [0.15, 0.2) is 0 Å². The van der Waals surface area contributed by atoms with Gasteiger partial charge in [0.05, 0.1) is 19.8 Å². The Hall–Kier alpha value is -3.20. The van der Waals surface area contributed by atoms with E-state index in [4.69, 9.17) is 9.47 Å². The van der Waals surface area contributed by atoms with E-state index in [2.05, 4.69) is 25.4 Å². The Morgan fingerprint density at radius 1 is 1.30 bits per heavy atom. The zero-order valence-electron chi connectivity index (χ0n) is 14.9. The SMILES string of the molecule is COc1nc(N[C@@H]2CCCOC2)nn2ccc(-c3cnc4nccn4c3)c12. The highest BCUT2D eigenvalue weighted by atomic mass is 16.5. The van der Waals surface area contributed by atoms with E-state index in [9.17, 15) is 0 Å². The summed E-state index contributed by atoms with van der Waals surface area (Å²) in [7, 11) is 1.62. The molecule has 1 saturated heterocycles. The molecule has 1 N–H and O–H groups in total. The number of imidazole rings is 1. The van der Waals surface area contributed by atoms with Gasteiger partial charge in [0.1, 0.15) is 5.52 Å². The van der Waals surface area contributed by atoms with Gasteiger partial charge in [-0.3, -0.25) is 4.40 Å². The fourth-order valence-electron chi connectivity index (χ4n) is 3.42. The number of methoxy groups -OCH3 is 1. The molecule has 138 valence electrons. The molecule has 9 nitrogen and oxygen atoms in total. The zero-order valence-corrected chi connectivity index (χ0v) is 14.9. The van der Waals surface area contributed by atoms with Gasteiger partial charge in [0.2, 0.25) is 17.6 Å². The summed E-state index contributed by atoms with van der Waals surface area (Å²) in [6, 6.07) is 2.20. The third-order valence-electron chi connectivity index (χ3n) is 4.72. The second kappa shape index (κ2) is 6.51. The first-order valence-corrected chi connectivity index (χ1v) is 8.88. The van der Waals surface area contributed by atoms with Crippen LogP contribution >= 0.6 is 0 Å². The predicted molar refractivity (Wildman–Crippen MR) is 99.0 cm³/mol. The molecule has 0 spiro atoms. The van der Waals surface area contributed by atoms with E-state index < -0.39 is 0 Å². The van der Waals surface area contributed by atoms with Crippen LogP contribution in [0.4, 0.5) is 5.95 Å². The minimum atomic E-state index is 0.212. The van der Waals surface area contributed by atoms with Crippen LogP contribution in [0.25, 0.3) is 22.4 Å². The molecular weight excluding hydrogens is 346 g/mol. The van der Waals surface area contributed by atoms with Crippen LogP contribution in [0.3, 0.4) is 0 Å². The molecule has 0 amide bonds. The largest absolute Gasteiger partial charge is 0.479 e. The highest BCUT2D eigenvalue weighted by Crippen LogP contribution is 2.31. The Kier molecular flexibility index (Phi) is 3.86. The fraction of sp³-hybridized carbons (Fsp3) is 0.333. The van der Waals surface area contributed by atoms with Gasteiger partial charge in [0, 0.05) is 48.7 Å². The van der Waals surface area contributed by atoms with Gasteiger partial charge in [-0.1, -0.05) is 0 Å². The van der Waals surface area contributed by atoms with Crippen molar-refractivity contribution in [2.75, 3.05) is 25.6 Å². The van der Waals surface area contributed by atoms with Crippen molar-refractivity contribution in [2.45, 2.75) is 18.9 Å². The highest BCUT2D eigenvalue weighted by Gasteiger charge is 2.19. The van der Waals surface area contributed by atoms with Crippen molar-refractivity contribution in [3.8, 4) is 17.0 Å². The number of rotatable bonds is 4. The Balaban J connectivity index is 1.56. The van der Waals surface area contributed by atoms with Crippen molar-refractivity contribution in [2.24, 2.45) is 0 Å². The number of fused-ring (bicyclic) bond motifs is 2. The second-order valence-electron chi connectivity index (χ2n) is 6.50. The standard InChI is InChI=1S/C18H19N7O2/c1-26-16-15-14(12-9-20-18-19-5-7-24(18)10-12)4-6-25(15)23-17(22-16)21-13-3-2-8-27-11-13/h4-7,9-10,13H,2-3,8,11H2,1H3,(H,21,23)/t13-/m1/s1. The number of anilines is 1. The summed E-state index contributed by atoms with van der Waals surface area (Å²) in [6.07, 6.45) is 11.3. The van der Waals surface area contributed by atoms with Crippen LogP contribution in [0.2, 0.25) is 0 Å². The van der Waals surface area contributed by atoms with Gasteiger partial charge in [0.25, 0.3) is 0 Å². The van der Waals surface area contributed by atoms with Gasteiger partial charge in [-0.2, -0.15) is 4.98 Å². The molecule has 1 atom stereocenters. The molecule has 5 rings (SSSR count). The number of hydrogen-bond donors (Lipinski definition) is 1. The monoisotopic (exact) mass is 365 g/mol. The average Bonchev–Trinajstić information content (AvgIpc) is 3.34. The molecule has 0 radical (unpaired) electrons. The Morgan fingerprint density at radius 3 is 3.11 bits per heavy atom. The minimum Gasteiger partial charge on any atom is -0.479 e. The molecule has 1 aliphatic heterocycles. The van der Waals surface area contributed by atoms with E-state index in [0.29, 0.717) is 24.2 Å². The summed E-state index contributed by atoms with van der Waals surface area (Å²) in [6.45, 7) is 1.48. The molecule has 5 heterocycles. The maximum atomic E-state index is 5.57. The lowest BCUT2D eigenvalue weighted by Gasteiger charge is -2.23. The van der Waals surface area contributed by atoms with Crippen molar-refractivity contribution in [1.29, 1.82) is 0 Å². The van der Waals surface area contributed by atoms with Crippen LogP contribution < -0.4 is 10.1 Å². The van der Waals surface area contributed by atoms with E-state index in [1.807, 2.05) is 29.1 Å². The molecule has 27 heavy (non-hydrogen) atoms. The summed E-state index contributed by atoms with van der Waals surface area (Å²) >= 11 is 0. The smallest absolute Gasteiger partial charge is 0.244 e. The molecule has 9 heteroatoms. The number of ether oxygens (including phenoxy) is 2. The lowest BCUT2D eigenvalue weighted by molar-refractivity contribution is 0.0873. The van der Waals surface area contributed by atoms with Gasteiger partial charge < -0.3 is 14.8 Å². The van der Waals surface area contributed by atoms with Crippen molar-refractivity contribution in [1.82, 2.24) is 29.0 Å². The normalized spacial score (nSPS) is 17.4. The van der Waals surface area contributed by atoms with Crippen LogP contribution in [0, 0.1) is 0 Å². The van der Waals surface area contributed by atoms with Crippen LogP contribution in [0.15, 0.2) is 37.1 Å². The average molecular weight is 365 g/mol. The topological polar surface area (TPSA) is 90.9 Å². The molecular formula is C18H19N7O2. The Labute approximate surface area is 155 Å². The van der Waals surface area contributed by atoms with Crippen LogP contribution in [-0.2, 0) is 4.74 Å². The van der Waals surface area contributed by atoms with Crippen molar-refractivity contribution < 1.29 is 9.47 Å². The van der Waals surface area contributed by atoms with Gasteiger partial charge >= 0.3 is 0 Å². The molecule has 0 bridgehead atoms. The highest BCUT2D eigenvalue weighted by molar-refractivity contribution is 5.84. The van der Waals surface area contributed by atoms with Crippen molar-refractivity contribution in [3.63, 3.8) is 0 Å². The second-order valence-corrected chi connectivity index (χ2v) is 6.50. The predicted octanol–water partition coefficient (Wildman–Crippen LogP) is 2.04. The van der Waals surface area contributed by atoms with E-state index in [-0.39, 0.29) is 6.04 Å². The number of aromatic nitrogens is 6. The van der Waals surface area contributed by atoms with E-state index >= 15 is 0 Å². The maximum absolute atomic E-state index is 5.57. The van der Waals surface area contributed by atoms with E-state index in [1.54, 1.807) is 24.0 Å². The van der Waals surface area contributed by atoms with Crippen LogP contribution in [0.1, 0.15) is 12.8 Å². The number of nitrogens with zero attached hydrogens (tertiary/aromatic N) is 6. The first-order chi connectivity index (χ1) is 13.3. The third kappa shape index (κ3) is 2.85. The first kappa shape index (κ1) is 16.0. The summed E-state index contributed by atoms with van der Waals surface area (Å²) in [5.41, 5.74) is 2.68. The van der Waals surface area contributed by atoms with Gasteiger partial charge in [-0.15, -0.1) is 5.10 Å². The third-order valence-corrected chi connectivity index (χ3v) is 4.72. The lowest BCUT2D eigenvalue weighted by Crippen LogP contribution is -2.31. The molecule has 4 aromatic rings. The van der Waals surface area contributed by atoms with E-state index in [0.717, 1.165) is 36.1 Å². The quantitative estimate of drug-likeness (QED) is 0.592. The Bertz CT molecular complexity index is 1100. The summed E-state index contributed by atoms with van der Waals surface area (Å²) in [5, 5.41) is 7.94. The number of hydrogen-bond acceptors (Lipinski definition) is 7. The van der Waals surface area contributed by atoms with Crippen LogP contribution in [-0.4, -0.2) is 55.3 Å². The lowest BCUT2D eigenvalue weighted by atomic mass is 10.1. The van der Waals surface area contributed by atoms with Gasteiger partial charge in [-0.05, 0) is 18.9 Å². The molecule has 0 saturated carbocycles. The summed E-state index contributed by atoms with van der Waals surface area (Å²) in [5.74, 6) is 1.70. The minimum absolute atomic E-state index is 0.212. The zero-order chi connectivity index (χ0) is 18.2. The number of nitrogens with one attached hydrogen (secondary N) is 1. The first-order valence-electron chi connectivity index (χ1n) is 8.88. The fourth-order valence-corrected chi connectivity index (χ4v) is 3.42. The van der Waals surface area contributed by atoms with Crippen molar-refractivity contribution in [3.05, 3.63) is 37.1 Å². The van der Waals surface area contributed by atoms with Gasteiger partial charge in [-0.25, -0.2) is 14.5 Å². The van der Waals surface area contributed by atoms with Crippen molar-refractivity contribution >= 4 is 17.2 Å². The molecule has 1 aliphatic rings. The van der Waals surface area contributed by atoms with E-state index in [1.165, 1.54) is 0 Å². The molecule has 0 aromatic carbocycles. The summed E-state index contributed by atoms with van der Waals surface area (Å²) < 4.78 is 14.7. The Morgan fingerprint density at radius 2 is 2.26 bits per heavy atom. The van der Waals surface area contributed by atoms with Crippen LogP contribution in [0.5, 0.6) is 5.88 Å². The molecule has 0 unspecified atom stereocenters.